The SMILES string of the molecule is CC(=O)N1CCOc2ccc(CCC(=O)NCc3ccc(F)cc3)cc2C1. The lowest BCUT2D eigenvalue weighted by Gasteiger charge is -2.17. The molecule has 0 aromatic heterocycles. The first kappa shape index (κ1) is 18.9. The minimum Gasteiger partial charge on any atom is -0.491 e. The fourth-order valence-electron chi connectivity index (χ4n) is 3.02. The summed E-state index contributed by atoms with van der Waals surface area (Å²) in [6.07, 6.45) is 0.958. The van der Waals surface area contributed by atoms with E-state index in [-0.39, 0.29) is 17.6 Å². The van der Waals surface area contributed by atoms with Crippen LogP contribution in [-0.2, 0) is 29.1 Å². The Morgan fingerprint density at radius 1 is 1.15 bits per heavy atom. The highest BCUT2D eigenvalue weighted by atomic mass is 19.1. The van der Waals surface area contributed by atoms with Gasteiger partial charge in [-0.25, -0.2) is 4.39 Å². The Bertz CT molecular complexity index is 821. The normalized spacial score (nSPS) is 13.3. The molecule has 0 saturated carbocycles. The molecule has 3 rings (SSSR count). The van der Waals surface area contributed by atoms with E-state index in [1.165, 1.54) is 12.1 Å². The van der Waals surface area contributed by atoms with Crippen molar-refractivity contribution >= 4 is 11.8 Å². The van der Waals surface area contributed by atoms with E-state index in [2.05, 4.69) is 5.32 Å². The van der Waals surface area contributed by atoms with Gasteiger partial charge in [0.15, 0.2) is 0 Å². The molecule has 0 atom stereocenters. The topological polar surface area (TPSA) is 58.6 Å². The molecule has 0 aliphatic carbocycles. The molecule has 1 N–H and O–H groups in total. The minimum absolute atomic E-state index is 0.0250. The number of benzene rings is 2. The number of carbonyl (C=O) groups excluding carboxylic acids is 2. The third kappa shape index (κ3) is 5.29. The maximum atomic E-state index is 12.9. The Kier molecular flexibility index (Phi) is 6.06. The van der Waals surface area contributed by atoms with Crippen LogP contribution in [-0.4, -0.2) is 29.9 Å². The van der Waals surface area contributed by atoms with Gasteiger partial charge in [0.2, 0.25) is 11.8 Å². The minimum atomic E-state index is -0.291. The van der Waals surface area contributed by atoms with E-state index in [9.17, 15) is 14.0 Å². The number of rotatable bonds is 5. The van der Waals surface area contributed by atoms with Gasteiger partial charge in [0, 0.05) is 32.0 Å². The summed E-state index contributed by atoms with van der Waals surface area (Å²) in [6, 6.07) is 11.9. The Morgan fingerprint density at radius 2 is 1.89 bits per heavy atom. The van der Waals surface area contributed by atoms with Gasteiger partial charge in [-0.05, 0) is 35.7 Å². The van der Waals surface area contributed by atoms with Crippen LogP contribution in [0.5, 0.6) is 5.75 Å². The van der Waals surface area contributed by atoms with Crippen LogP contribution in [0.15, 0.2) is 42.5 Å². The van der Waals surface area contributed by atoms with Gasteiger partial charge < -0.3 is 15.0 Å². The second kappa shape index (κ2) is 8.66. The standard InChI is InChI=1S/C21H23FN2O3/c1-15(25)24-10-11-27-20-8-4-16(12-18(20)14-24)5-9-21(26)23-13-17-2-6-19(22)7-3-17/h2-4,6-8,12H,5,9-11,13-14H2,1H3,(H,23,26). The molecule has 2 amide bonds. The zero-order chi connectivity index (χ0) is 19.2. The smallest absolute Gasteiger partial charge is 0.220 e. The second-order valence-electron chi connectivity index (χ2n) is 6.63. The summed E-state index contributed by atoms with van der Waals surface area (Å²) in [6.45, 7) is 3.52. The molecule has 1 heterocycles. The Morgan fingerprint density at radius 3 is 2.63 bits per heavy atom. The molecule has 0 bridgehead atoms. The van der Waals surface area contributed by atoms with Crippen LogP contribution in [0.1, 0.15) is 30.0 Å². The number of nitrogens with zero attached hydrogens (tertiary/aromatic N) is 1. The van der Waals surface area contributed by atoms with Crippen molar-refractivity contribution in [1.29, 1.82) is 0 Å². The molecule has 1 aliphatic rings. The first-order valence-corrected chi connectivity index (χ1v) is 9.02. The molecule has 0 saturated heterocycles. The Balaban J connectivity index is 1.54. The van der Waals surface area contributed by atoms with E-state index in [4.69, 9.17) is 4.74 Å². The highest BCUT2D eigenvalue weighted by Gasteiger charge is 2.17. The monoisotopic (exact) mass is 370 g/mol. The quantitative estimate of drug-likeness (QED) is 0.881. The largest absolute Gasteiger partial charge is 0.491 e. The molecule has 27 heavy (non-hydrogen) atoms. The molecule has 0 radical (unpaired) electrons. The zero-order valence-electron chi connectivity index (χ0n) is 15.3. The van der Waals surface area contributed by atoms with Gasteiger partial charge in [0.1, 0.15) is 18.2 Å². The van der Waals surface area contributed by atoms with Crippen molar-refractivity contribution in [1.82, 2.24) is 10.2 Å². The van der Waals surface area contributed by atoms with E-state index in [0.29, 0.717) is 39.1 Å². The maximum Gasteiger partial charge on any atom is 0.220 e. The lowest BCUT2D eigenvalue weighted by atomic mass is 10.0. The third-order valence-corrected chi connectivity index (χ3v) is 4.59. The molecule has 6 heteroatoms. The van der Waals surface area contributed by atoms with Crippen LogP contribution in [0.25, 0.3) is 0 Å². The molecule has 2 aromatic rings. The first-order valence-electron chi connectivity index (χ1n) is 9.02. The zero-order valence-corrected chi connectivity index (χ0v) is 15.3. The van der Waals surface area contributed by atoms with Gasteiger partial charge in [-0.15, -0.1) is 0 Å². The number of nitrogens with one attached hydrogen (secondary N) is 1. The lowest BCUT2D eigenvalue weighted by Crippen LogP contribution is -2.30. The molecule has 1 aliphatic heterocycles. The molecular formula is C21H23FN2O3. The van der Waals surface area contributed by atoms with Gasteiger partial charge in [0.05, 0.1) is 6.54 Å². The van der Waals surface area contributed by atoms with Crippen molar-refractivity contribution in [3.05, 3.63) is 65.0 Å². The van der Waals surface area contributed by atoms with E-state index in [1.54, 1.807) is 24.0 Å². The summed E-state index contributed by atoms with van der Waals surface area (Å²) in [7, 11) is 0. The third-order valence-electron chi connectivity index (χ3n) is 4.59. The highest BCUT2D eigenvalue weighted by Crippen LogP contribution is 2.25. The van der Waals surface area contributed by atoms with Crippen LogP contribution in [0, 0.1) is 5.82 Å². The molecule has 0 spiro atoms. The van der Waals surface area contributed by atoms with Crippen molar-refractivity contribution in [2.75, 3.05) is 13.2 Å². The number of carbonyl (C=O) groups is 2. The number of hydrogen-bond donors (Lipinski definition) is 1. The first-order chi connectivity index (χ1) is 13.0. The molecule has 2 aromatic carbocycles. The highest BCUT2D eigenvalue weighted by molar-refractivity contribution is 5.76. The van der Waals surface area contributed by atoms with E-state index in [1.807, 2.05) is 18.2 Å². The van der Waals surface area contributed by atoms with Crippen molar-refractivity contribution in [2.45, 2.75) is 32.9 Å². The summed E-state index contributed by atoms with van der Waals surface area (Å²) in [4.78, 5) is 25.5. The van der Waals surface area contributed by atoms with Crippen LogP contribution in [0.2, 0.25) is 0 Å². The van der Waals surface area contributed by atoms with Gasteiger partial charge in [-0.1, -0.05) is 24.3 Å². The van der Waals surface area contributed by atoms with Gasteiger partial charge >= 0.3 is 0 Å². The Labute approximate surface area is 158 Å². The summed E-state index contributed by atoms with van der Waals surface area (Å²) in [5, 5.41) is 2.84. The predicted octanol–water partition coefficient (Wildman–Crippen LogP) is 2.82. The summed E-state index contributed by atoms with van der Waals surface area (Å²) < 4.78 is 18.6. The van der Waals surface area contributed by atoms with Crippen LogP contribution < -0.4 is 10.1 Å². The number of halogens is 1. The number of amides is 2. The van der Waals surface area contributed by atoms with Crippen molar-refractivity contribution in [3.8, 4) is 5.75 Å². The van der Waals surface area contributed by atoms with Gasteiger partial charge in [0.25, 0.3) is 0 Å². The molecule has 0 unspecified atom stereocenters. The van der Waals surface area contributed by atoms with E-state index in [0.717, 1.165) is 22.4 Å². The molecule has 0 fully saturated rings. The lowest BCUT2D eigenvalue weighted by molar-refractivity contribution is -0.129. The molecule has 142 valence electrons. The van der Waals surface area contributed by atoms with E-state index < -0.39 is 0 Å². The average Bonchev–Trinajstić information content (AvgIpc) is 2.88. The number of fused-ring (bicyclic) bond motifs is 1. The number of ether oxygens (including phenoxy) is 1. The van der Waals surface area contributed by atoms with Crippen molar-refractivity contribution in [2.24, 2.45) is 0 Å². The molecule has 5 nitrogen and oxygen atoms in total. The number of hydrogen-bond acceptors (Lipinski definition) is 3. The number of aryl methyl sites for hydroxylation is 1. The van der Waals surface area contributed by atoms with Crippen molar-refractivity contribution < 1.29 is 18.7 Å². The fraction of sp³-hybridized carbons (Fsp3) is 0.333. The van der Waals surface area contributed by atoms with Crippen LogP contribution >= 0.6 is 0 Å². The van der Waals surface area contributed by atoms with Gasteiger partial charge in [-0.3, -0.25) is 9.59 Å². The fourth-order valence-corrected chi connectivity index (χ4v) is 3.02. The summed E-state index contributed by atoms with van der Waals surface area (Å²) in [5.41, 5.74) is 2.85. The van der Waals surface area contributed by atoms with Crippen LogP contribution in [0.4, 0.5) is 4.39 Å². The molecular weight excluding hydrogens is 347 g/mol. The predicted molar refractivity (Wildman–Crippen MR) is 99.6 cm³/mol. The Hall–Kier alpha value is -2.89. The van der Waals surface area contributed by atoms with Crippen molar-refractivity contribution in [3.63, 3.8) is 0 Å². The second-order valence-corrected chi connectivity index (χ2v) is 6.63. The van der Waals surface area contributed by atoms with E-state index >= 15 is 0 Å². The summed E-state index contributed by atoms with van der Waals surface area (Å²) in [5.74, 6) is 0.469. The summed E-state index contributed by atoms with van der Waals surface area (Å²) >= 11 is 0. The average molecular weight is 370 g/mol. The maximum absolute atomic E-state index is 12.9. The van der Waals surface area contributed by atoms with Crippen LogP contribution in [0.3, 0.4) is 0 Å². The van der Waals surface area contributed by atoms with Gasteiger partial charge in [-0.2, -0.15) is 0 Å².